The quantitative estimate of drug-likeness (QED) is 0.534. The lowest BCUT2D eigenvalue weighted by atomic mass is 10.1. The first-order valence-electron chi connectivity index (χ1n) is 9.80. The summed E-state index contributed by atoms with van der Waals surface area (Å²) in [6.45, 7) is 5.50. The van der Waals surface area contributed by atoms with Gasteiger partial charge in [-0.3, -0.25) is 9.59 Å². The third kappa shape index (κ3) is 5.07. The number of pyridine rings is 1. The van der Waals surface area contributed by atoms with Crippen molar-refractivity contribution in [2.75, 3.05) is 11.9 Å². The van der Waals surface area contributed by atoms with Gasteiger partial charge in [-0.2, -0.15) is 0 Å². The van der Waals surface area contributed by atoms with Crippen LogP contribution in [-0.2, 0) is 0 Å². The number of ether oxygens (including phenoxy) is 1. The zero-order valence-corrected chi connectivity index (χ0v) is 18.6. The average Bonchev–Trinajstić information content (AvgIpc) is 3.17. The van der Waals surface area contributed by atoms with Gasteiger partial charge in [0.1, 0.15) is 5.69 Å². The van der Waals surface area contributed by atoms with Crippen LogP contribution in [-0.4, -0.2) is 39.2 Å². The maximum atomic E-state index is 13.3. The lowest BCUT2D eigenvalue weighted by molar-refractivity contribution is 0.0944. The van der Waals surface area contributed by atoms with Crippen molar-refractivity contribution in [3.05, 3.63) is 64.4 Å². The summed E-state index contributed by atoms with van der Waals surface area (Å²) >= 11 is 6.27. The molecule has 3 rings (SSSR count). The van der Waals surface area contributed by atoms with Crippen LogP contribution in [0, 0.1) is 19.3 Å². The zero-order valence-electron chi connectivity index (χ0n) is 17.8. The average molecular weight is 452 g/mol. The van der Waals surface area contributed by atoms with Gasteiger partial charge in [-0.15, -0.1) is 11.5 Å². The van der Waals surface area contributed by atoms with Crippen LogP contribution in [0.25, 0.3) is 5.82 Å². The van der Waals surface area contributed by atoms with Gasteiger partial charge in [0, 0.05) is 18.3 Å². The third-order valence-corrected chi connectivity index (χ3v) is 4.63. The van der Waals surface area contributed by atoms with E-state index in [1.807, 2.05) is 13.8 Å². The van der Waals surface area contributed by atoms with E-state index in [1.54, 1.807) is 37.3 Å². The molecule has 0 aliphatic carbocycles. The van der Waals surface area contributed by atoms with Gasteiger partial charge in [0.15, 0.2) is 12.4 Å². The molecule has 0 saturated heterocycles. The number of para-hydroxylation sites is 1. The number of aryl methyl sites for hydroxylation is 1. The highest BCUT2D eigenvalue weighted by atomic mass is 35.5. The molecule has 1 aromatic carbocycles. The molecule has 0 aliphatic rings. The maximum absolute atomic E-state index is 13.3. The van der Waals surface area contributed by atoms with Crippen LogP contribution in [0.3, 0.4) is 0 Å². The molecule has 3 aromatic rings. The van der Waals surface area contributed by atoms with E-state index < -0.39 is 5.91 Å². The van der Waals surface area contributed by atoms with Gasteiger partial charge < -0.3 is 15.4 Å². The Morgan fingerprint density at radius 3 is 2.72 bits per heavy atom. The van der Waals surface area contributed by atoms with E-state index in [0.717, 1.165) is 5.56 Å². The van der Waals surface area contributed by atoms with E-state index in [1.165, 1.54) is 16.9 Å². The van der Waals surface area contributed by atoms with Crippen molar-refractivity contribution in [3.8, 4) is 24.0 Å². The second-order valence-electron chi connectivity index (χ2n) is 7.16. The predicted octanol–water partition coefficient (Wildman–Crippen LogP) is 3.63. The Morgan fingerprint density at radius 2 is 2.03 bits per heavy atom. The molecule has 32 heavy (non-hydrogen) atoms. The number of carbonyl (C=O) groups is 2. The highest BCUT2D eigenvalue weighted by Gasteiger charge is 2.23. The molecule has 2 aromatic heterocycles. The molecule has 0 atom stereocenters. The van der Waals surface area contributed by atoms with Gasteiger partial charge in [0.2, 0.25) is 5.88 Å². The molecule has 2 N–H and O–H groups in total. The van der Waals surface area contributed by atoms with Crippen LogP contribution in [0.5, 0.6) is 5.88 Å². The summed E-state index contributed by atoms with van der Waals surface area (Å²) in [6.07, 6.45) is 6.78. The third-order valence-electron chi connectivity index (χ3n) is 4.34. The molecule has 164 valence electrons. The lowest BCUT2D eigenvalue weighted by Gasteiger charge is -2.15. The predicted molar refractivity (Wildman–Crippen MR) is 122 cm³/mol. The van der Waals surface area contributed by atoms with Crippen molar-refractivity contribution < 1.29 is 14.3 Å². The van der Waals surface area contributed by atoms with Crippen LogP contribution in [0.1, 0.15) is 40.3 Å². The van der Waals surface area contributed by atoms with E-state index in [0.29, 0.717) is 16.3 Å². The smallest absolute Gasteiger partial charge is 0.274 e. The number of benzene rings is 1. The molecular weight excluding hydrogens is 430 g/mol. The summed E-state index contributed by atoms with van der Waals surface area (Å²) in [5.74, 6) is 1.92. The van der Waals surface area contributed by atoms with Crippen molar-refractivity contribution in [3.63, 3.8) is 0 Å². The van der Waals surface area contributed by atoms with E-state index in [9.17, 15) is 9.59 Å². The largest absolute Gasteiger partial charge is 0.463 e. The van der Waals surface area contributed by atoms with Crippen molar-refractivity contribution in [2.45, 2.75) is 26.8 Å². The molecule has 0 unspecified atom stereocenters. The Bertz CT molecular complexity index is 1200. The Morgan fingerprint density at radius 1 is 1.25 bits per heavy atom. The zero-order chi connectivity index (χ0) is 23.3. The molecule has 8 nitrogen and oxygen atoms in total. The fraction of sp³-hybridized carbons (Fsp3) is 0.217. The molecule has 0 spiro atoms. The van der Waals surface area contributed by atoms with Crippen LogP contribution in [0.4, 0.5) is 5.69 Å². The van der Waals surface area contributed by atoms with Crippen molar-refractivity contribution in [1.82, 2.24) is 20.1 Å². The Labute approximate surface area is 190 Å². The van der Waals surface area contributed by atoms with Crippen LogP contribution in [0.15, 0.2) is 42.6 Å². The van der Waals surface area contributed by atoms with Gasteiger partial charge in [0.25, 0.3) is 11.8 Å². The highest BCUT2D eigenvalue weighted by molar-refractivity contribution is 6.32. The normalized spacial score (nSPS) is 10.5. The molecule has 2 amide bonds. The highest BCUT2D eigenvalue weighted by Crippen LogP contribution is 2.25. The van der Waals surface area contributed by atoms with Crippen molar-refractivity contribution in [2.24, 2.45) is 0 Å². The minimum atomic E-state index is -0.525. The topological polar surface area (TPSA) is 98.1 Å². The lowest BCUT2D eigenvalue weighted by Crippen LogP contribution is -2.31. The number of nitrogens with zero attached hydrogens (tertiary/aromatic N) is 3. The van der Waals surface area contributed by atoms with Gasteiger partial charge in [0.05, 0.1) is 16.3 Å². The fourth-order valence-electron chi connectivity index (χ4n) is 2.94. The summed E-state index contributed by atoms with van der Waals surface area (Å²) in [7, 11) is 0. The molecular formula is C23H22ClN5O3. The Hall–Kier alpha value is -3.83. The number of carbonyl (C=O) groups excluding carboxylic acids is 2. The number of amides is 2. The van der Waals surface area contributed by atoms with Crippen LogP contribution in [0.2, 0.25) is 5.02 Å². The summed E-state index contributed by atoms with van der Waals surface area (Å²) in [6, 6.07) is 9.87. The number of anilines is 1. The Kier molecular flexibility index (Phi) is 7.13. The van der Waals surface area contributed by atoms with Gasteiger partial charge in [-0.25, -0.2) is 9.67 Å². The van der Waals surface area contributed by atoms with E-state index in [-0.39, 0.29) is 35.9 Å². The number of terminal acetylenes is 1. The second kappa shape index (κ2) is 9.98. The Balaban J connectivity index is 2.02. The summed E-state index contributed by atoms with van der Waals surface area (Å²) < 4.78 is 6.66. The molecule has 0 bridgehead atoms. The molecule has 9 heteroatoms. The van der Waals surface area contributed by atoms with Gasteiger partial charge >= 0.3 is 0 Å². The number of halogens is 1. The maximum Gasteiger partial charge on any atom is 0.274 e. The van der Waals surface area contributed by atoms with Gasteiger partial charge in [-0.05, 0) is 44.5 Å². The molecule has 0 fully saturated rings. The van der Waals surface area contributed by atoms with Gasteiger partial charge in [-0.1, -0.05) is 29.7 Å². The van der Waals surface area contributed by atoms with Crippen molar-refractivity contribution in [1.29, 1.82) is 0 Å². The molecule has 0 aliphatic heterocycles. The second-order valence-corrected chi connectivity index (χ2v) is 7.57. The fourth-order valence-corrected chi connectivity index (χ4v) is 3.14. The minimum absolute atomic E-state index is 0.0225. The monoisotopic (exact) mass is 451 g/mol. The van der Waals surface area contributed by atoms with E-state index in [4.69, 9.17) is 22.8 Å². The van der Waals surface area contributed by atoms with Crippen molar-refractivity contribution >= 4 is 29.1 Å². The summed E-state index contributed by atoms with van der Waals surface area (Å²) in [5, 5.41) is 10.2. The number of hydrogen-bond acceptors (Lipinski definition) is 5. The summed E-state index contributed by atoms with van der Waals surface area (Å²) in [4.78, 5) is 30.2. The first-order chi connectivity index (χ1) is 15.3. The number of hydrogen-bond donors (Lipinski definition) is 2. The standard InChI is InChI=1S/C23H22ClN5O3/c1-5-12-32-19-13-18(29(28-19)21-17(24)10-7-11-25-21)23(31)27-20-15(4)8-6-9-16(20)22(30)26-14(2)3/h1,6-11,13-14H,12H2,2-4H3,(H,26,30)(H,27,31). The molecule has 2 heterocycles. The summed E-state index contributed by atoms with van der Waals surface area (Å²) in [5.41, 5.74) is 1.57. The minimum Gasteiger partial charge on any atom is -0.463 e. The van der Waals surface area contributed by atoms with E-state index in [2.05, 4.69) is 26.6 Å². The van der Waals surface area contributed by atoms with Crippen LogP contribution < -0.4 is 15.4 Å². The van der Waals surface area contributed by atoms with Crippen LogP contribution >= 0.6 is 11.6 Å². The SMILES string of the molecule is C#CCOc1cc(C(=O)Nc2c(C)cccc2C(=O)NC(C)C)n(-c2ncccc2Cl)n1. The first-order valence-corrected chi connectivity index (χ1v) is 10.2. The first kappa shape index (κ1) is 22.8. The number of nitrogens with one attached hydrogen (secondary N) is 2. The number of aromatic nitrogens is 3. The van der Waals surface area contributed by atoms with E-state index >= 15 is 0 Å². The molecule has 0 saturated carbocycles. The number of rotatable bonds is 7. The molecule has 0 radical (unpaired) electrons.